The summed E-state index contributed by atoms with van der Waals surface area (Å²) in [5.41, 5.74) is 1.47. The summed E-state index contributed by atoms with van der Waals surface area (Å²) in [4.78, 5) is 43.3. The first kappa shape index (κ1) is 28.7. The average Bonchev–Trinajstić information content (AvgIpc) is 3.40. The van der Waals surface area contributed by atoms with E-state index < -0.39 is 47.5 Å². The molecule has 2 aromatic rings. The lowest BCUT2D eigenvalue weighted by molar-refractivity contribution is -0.191. The summed E-state index contributed by atoms with van der Waals surface area (Å²) in [6.07, 6.45) is -3.43. The van der Waals surface area contributed by atoms with Crippen molar-refractivity contribution in [1.29, 1.82) is 0 Å². The van der Waals surface area contributed by atoms with Crippen molar-refractivity contribution >= 4 is 35.2 Å². The largest absolute Gasteiger partial charge is 0.443 e. The van der Waals surface area contributed by atoms with Gasteiger partial charge in [0.25, 0.3) is 0 Å². The van der Waals surface area contributed by atoms with Gasteiger partial charge in [0.05, 0.1) is 17.6 Å². The predicted octanol–water partition coefficient (Wildman–Crippen LogP) is 5.30. The number of alkyl halides is 3. The van der Waals surface area contributed by atoms with Crippen LogP contribution in [0.25, 0.3) is 0 Å². The highest BCUT2D eigenvalue weighted by Crippen LogP contribution is 2.38. The number of amides is 3. The summed E-state index contributed by atoms with van der Waals surface area (Å²) in [6.45, 7) is 4.75. The summed E-state index contributed by atoms with van der Waals surface area (Å²) in [5.74, 6) is -1.70. The van der Waals surface area contributed by atoms with Crippen molar-refractivity contribution in [1.82, 2.24) is 14.8 Å². The van der Waals surface area contributed by atoms with Gasteiger partial charge in [-0.2, -0.15) is 13.2 Å². The zero-order chi connectivity index (χ0) is 28.7. The van der Waals surface area contributed by atoms with Crippen LogP contribution < -0.4 is 5.32 Å². The summed E-state index contributed by atoms with van der Waals surface area (Å²) in [6, 6.07) is 4.64. The van der Waals surface area contributed by atoms with E-state index in [-0.39, 0.29) is 18.9 Å². The number of imide groups is 1. The smallest absolute Gasteiger partial charge is 0.417 e. The maximum atomic E-state index is 14.2. The molecule has 1 fully saturated rings. The van der Waals surface area contributed by atoms with E-state index in [1.54, 1.807) is 20.8 Å². The molecular weight excluding hydrogens is 537 g/mol. The van der Waals surface area contributed by atoms with E-state index >= 15 is 0 Å². The Labute approximate surface area is 229 Å². The average molecular weight is 567 g/mol. The number of anilines is 1. The molecule has 0 unspecified atom stereocenters. The number of carbonyl (C=O) groups is 3. The fourth-order valence-corrected chi connectivity index (χ4v) is 5.18. The number of rotatable bonds is 5. The molecule has 1 aliphatic heterocycles. The monoisotopic (exact) mass is 566 g/mol. The third-order valence-electron chi connectivity index (χ3n) is 6.67. The molecule has 39 heavy (non-hydrogen) atoms. The van der Waals surface area contributed by atoms with Crippen LogP contribution in [0.3, 0.4) is 0 Å². The van der Waals surface area contributed by atoms with Gasteiger partial charge < -0.3 is 15.0 Å². The third-order valence-corrected chi connectivity index (χ3v) is 6.91. The number of likely N-dealkylation sites (N-methyl/N-ethyl adjacent to an activating group) is 1. The lowest BCUT2D eigenvalue weighted by Gasteiger charge is -2.33. The number of aromatic nitrogens is 1. The Balaban J connectivity index is 1.49. The van der Waals surface area contributed by atoms with Crippen molar-refractivity contribution in [3.8, 4) is 0 Å². The van der Waals surface area contributed by atoms with Crippen molar-refractivity contribution < 1.29 is 32.3 Å². The molecule has 1 aromatic carbocycles. The van der Waals surface area contributed by atoms with Crippen LogP contribution in [-0.4, -0.2) is 63.6 Å². The van der Waals surface area contributed by atoms with E-state index in [4.69, 9.17) is 16.3 Å². The van der Waals surface area contributed by atoms with Crippen LogP contribution >= 0.6 is 11.6 Å². The molecule has 3 amide bonds. The minimum atomic E-state index is -4.86. The summed E-state index contributed by atoms with van der Waals surface area (Å²) in [7, 11) is 0.991. The molecule has 0 spiro atoms. The first-order valence-corrected chi connectivity index (χ1v) is 12.9. The molecule has 12 heteroatoms. The molecule has 0 saturated carbocycles. The van der Waals surface area contributed by atoms with Gasteiger partial charge in [0, 0.05) is 24.5 Å². The summed E-state index contributed by atoms with van der Waals surface area (Å²) >= 11 is 6.07. The van der Waals surface area contributed by atoms with Crippen molar-refractivity contribution in [2.45, 2.75) is 76.4 Å². The lowest BCUT2D eigenvalue weighted by Crippen LogP contribution is -2.52. The number of likely N-dealkylation sites (tertiary alicyclic amines) is 1. The second kappa shape index (κ2) is 10.7. The topological polar surface area (TPSA) is 91.8 Å². The number of nitrogens with zero attached hydrogens (tertiary/aromatic N) is 3. The number of pyridine rings is 1. The van der Waals surface area contributed by atoms with Gasteiger partial charge in [-0.1, -0.05) is 17.7 Å². The van der Waals surface area contributed by atoms with Crippen LogP contribution in [-0.2, 0) is 27.2 Å². The molecule has 2 aliphatic rings. The van der Waals surface area contributed by atoms with Crippen molar-refractivity contribution in [2.75, 3.05) is 12.4 Å². The SMILES string of the molecule is CN(C(=O)[C@H]1CCC(=O)N1C(=O)OC(C)(C)C)[C@@H](c1ccc(N[C@H]2Cc3ccc(Cl)cc3C2)cn1)C(F)(F)F. The minimum Gasteiger partial charge on any atom is -0.443 e. The number of carbonyl (C=O) groups excluding carboxylic acids is 3. The molecule has 1 aromatic heterocycles. The lowest BCUT2D eigenvalue weighted by atomic mass is 10.1. The first-order chi connectivity index (χ1) is 18.1. The maximum absolute atomic E-state index is 14.2. The molecular formula is C27H30ClF3N4O4. The Morgan fingerprint density at radius 2 is 1.85 bits per heavy atom. The molecule has 1 aliphatic carbocycles. The van der Waals surface area contributed by atoms with E-state index in [2.05, 4.69) is 10.3 Å². The Bertz CT molecular complexity index is 1260. The van der Waals surface area contributed by atoms with Gasteiger partial charge in [0.15, 0.2) is 6.04 Å². The van der Waals surface area contributed by atoms with Crippen molar-refractivity contribution in [2.24, 2.45) is 0 Å². The van der Waals surface area contributed by atoms with E-state index in [1.807, 2.05) is 18.2 Å². The van der Waals surface area contributed by atoms with Crippen molar-refractivity contribution in [3.05, 3.63) is 58.4 Å². The number of hydrogen-bond donors (Lipinski definition) is 1. The second-order valence-electron chi connectivity index (χ2n) is 10.8. The Hall–Kier alpha value is -3.34. The number of halogens is 4. The van der Waals surface area contributed by atoms with E-state index in [1.165, 1.54) is 18.3 Å². The van der Waals surface area contributed by atoms with E-state index in [9.17, 15) is 27.6 Å². The van der Waals surface area contributed by atoms with Crippen LogP contribution in [0.1, 0.15) is 56.5 Å². The summed E-state index contributed by atoms with van der Waals surface area (Å²) in [5, 5.41) is 3.93. The number of nitrogens with one attached hydrogen (secondary N) is 1. The van der Waals surface area contributed by atoms with Crippen LogP contribution in [0.15, 0.2) is 36.5 Å². The molecule has 1 N–H and O–H groups in total. The standard InChI is InChI=1S/C27H30ClF3N4O4/c1-26(2,3)39-25(38)35-21(9-10-22(35)36)24(37)34(4)23(27(29,30)31)20-8-7-18(14-32-20)33-19-12-15-5-6-17(28)11-16(15)13-19/h5-8,11,14,19,21,23,33H,9-10,12-13H2,1-4H3/t19-,21+,23-/m0/s1. The predicted molar refractivity (Wildman–Crippen MR) is 138 cm³/mol. The summed E-state index contributed by atoms with van der Waals surface area (Å²) < 4.78 is 47.9. The highest BCUT2D eigenvalue weighted by Gasteiger charge is 2.50. The molecule has 0 radical (unpaired) electrons. The van der Waals surface area contributed by atoms with Gasteiger partial charge >= 0.3 is 12.3 Å². The zero-order valence-electron chi connectivity index (χ0n) is 22.0. The maximum Gasteiger partial charge on any atom is 0.417 e. The molecule has 2 heterocycles. The second-order valence-corrected chi connectivity index (χ2v) is 11.3. The molecule has 0 bridgehead atoms. The van der Waals surface area contributed by atoms with Crippen molar-refractivity contribution in [3.63, 3.8) is 0 Å². The number of fused-ring (bicyclic) bond motifs is 1. The molecule has 3 atom stereocenters. The molecule has 4 rings (SSSR count). The van der Waals surface area contributed by atoms with Gasteiger partial charge in [-0.05, 0) is 75.4 Å². The fourth-order valence-electron chi connectivity index (χ4n) is 4.98. The van der Waals surface area contributed by atoms with Gasteiger partial charge in [-0.3, -0.25) is 14.6 Å². The van der Waals surface area contributed by atoms with Gasteiger partial charge in [-0.25, -0.2) is 9.69 Å². The number of benzene rings is 1. The molecule has 210 valence electrons. The van der Waals surface area contributed by atoms with Crippen LogP contribution in [0.2, 0.25) is 5.02 Å². The Morgan fingerprint density at radius 1 is 1.15 bits per heavy atom. The third kappa shape index (κ3) is 6.46. The normalized spacial score (nSPS) is 20.0. The fraction of sp³-hybridized carbons (Fsp3) is 0.481. The Kier molecular flexibility index (Phi) is 7.84. The number of ether oxygens (including phenoxy) is 1. The van der Waals surface area contributed by atoms with Crippen LogP contribution in [0.4, 0.5) is 23.7 Å². The van der Waals surface area contributed by atoms with Gasteiger partial charge in [0.2, 0.25) is 11.8 Å². The van der Waals surface area contributed by atoms with Gasteiger partial charge in [-0.15, -0.1) is 0 Å². The van der Waals surface area contributed by atoms with E-state index in [0.29, 0.717) is 26.9 Å². The van der Waals surface area contributed by atoms with Gasteiger partial charge in [0.1, 0.15) is 11.6 Å². The van der Waals surface area contributed by atoms with Crippen LogP contribution in [0.5, 0.6) is 0 Å². The quantitative estimate of drug-likeness (QED) is 0.528. The number of hydrogen-bond acceptors (Lipinski definition) is 6. The van der Waals surface area contributed by atoms with E-state index in [0.717, 1.165) is 24.6 Å². The Morgan fingerprint density at radius 3 is 2.46 bits per heavy atom. The highest BCUT2D eigenvalue weighted by molar-refractivity contribution is 6.30. The van der Waals surface area contributed by atoms with Crippen LogP contribution in [0, 0.1) is 0 Å². The first-order valence-electron chi connectivity index (χ1n) is 12.5. The highest BCUT2D eigenvalue weighted by atomic mass is 35.5. The zero-order valence-corrected chi connectivity index (χ0v) is 22.8. The molecule has 1 saturated heterocycles. The molecule has 8 nitrogen and oxygen atoms in total. The minimum absolute atomic E-state index is 0.0347.